The number of allylic oxidation sites excluding steroid dienone is 1. The van der Waals surface area contributed by atoms with Crippen LogP contribution in [0.2, 0.25) is 0 Å². The summed E-state index contributed by atoms with van der Waals surface area (Å²) in [5.41, 5.74) is 1.96. The van der Waals surface area contributed by atoms with Crippen LogP contribution in [0.25, 0.3) is 6.08 Å². The molecule has 2 heteroatoms. The molecule has 1 atom stereocenters. The van der Waals surface area contributed by atoms with Crippen LogP contribution in [0, 0.1) is 0 Å². The van der Waals surface area contributed by atoms with Crippen molar-refractivity contribution in [2.75, 3.05) is 0 Å². The Labute approximate surface area is 76.5 Å². The zero-order valence-corrected chi connectivity index (χ0v) is 7.10. The van der Waals surface area contributed by atoms with E-state index < -0.39 is 5.97 Å². The van der Waals surface area contributed by atoms with Crippen LogP contribution in [-0.4, -0.2) is 11.1 Å². The second kappa shape index (κ2) is 3.05. The molecule has 0 saturated carbocycles. The van der Waals surface area contributed by atoms with Crippen molar-refractivity contribution < 1.29 is 9.90 Å². The highest BCUT2D eigenvalue weighted by atomic mass is 16.4. The Kier molecular flexibility index (Phi) is 1.89. The van der Waals surface area contributed by atoms with Gasteiger partial charge >= 0.3 is 5.97 Å². The minimum atomic E-state index is -0.739. The molecule has 0 amide bonds. The number of hydrogen-bond donors (Lipinski definition) is 1. The van der Waals surface area contributed by atoms with Gasteiger partial charge in [0.15, 0.2) is 0 Å². The molecule has 1 N–H and O–H groups in total. The Morgan fingerprint density at radius 1 is 1.38 bits per heavy atom. The summed E-state index contributed by atoms with van der Waals surface area (Å²) in [6, 6.07) is 7.64. The van der Waals surface area contributed by atoms with Crippen LogP contribution in [0.4, 0.5) is 0 Å². The molecule has 0 saturated heterocycles. The van der Waals surface area contributed by atoms with E-state index in [2.05, 4.69) is 0 Å². The van der Waals surface area contributed by atoms with Crippen molar-refractivity contribution in [2.45, 2.75) is 12.3 Å². The van der Waals surface area contributed by atoms with Crippen LogP contribution in [0.5, 0.6) is 0 Å². The van der Waals surface area contributed by atoms with E-state index in [0.717, 1.165) is 11.1 Å². The number of hydrogen-bond acceptors (Lipinski definition) is 1. The largest absolute Gasteiger partial charge is 0.481 e. The van der Waals surface area contributed by atoms with Crippen LogP contribution in [0.1, 0.15) is 23.5 Å². The highest BCUT2D eigenvalue weighted by Crippen LogP contribution is 2.29. The molecular formula is C11H10O2. The van der Waals surface area contributed by atoms with Crippen LogP contribution in [0.15, 0.2) is 30.3 Å². The Balaban J connectivity index is 2.49. The number of carboxylic acids is 1. The summed E-state index contributed by atoms with van der Waals surface area (Å²) in [6.45, 7) is 0. The van der Waals surface area contributed by atoms with E-state index in [0.29, 0.717) is 6.42 Å². The third-order valence-electron chi connectivity index (χ3n) is 2.34. The van der Waals surface area contributed by atoms with Crippen LogP contribution >= 0.6 is 0 Å². The quantitative estimate of drug-likeness (QED) is 0.709. The maximum Gasteiger partial charge on any atom is 0.311 e. The van der Waals surface area contributed by atoms with E-state index in [9.17, 15) is 4.79 Å². The minimum Gasteiger partial charge on any atom is -0.481 e. The molecule has 1 aromatic carbocycles. The van der Waals surface area contributed by atoms with Gasteiger partial charge in [0.2, 0.25) is 0 Å². The van der Waals surface area contributed by atoms with Gasteiger partial charge in [-0.25, -0.2) is 0 Å². The summed E-state index contributed by atoms with van der Waals surface area (Å²) >= 11 is 0. The summed E-state index contributed by atoms with van der Waals surface area (Å²) in [7, 11) is 0. The number of fused-ring (bicyclic) bond motifs is 1. The topological polar surface area (TPSA) is 37.3 Å². The molecule has 0 fully saturated rings. The molecule has 1 aliphatic rings. The Hall–Kier alpha value is -1.57. The minimum absolute atomic E-state index is 0.360. The molecule has 66 valence electrons. The smallest absolute Gasteiger partial charge is 0.311 e. The average molecular weight is 174 g/mol. The zero-order valence-electron chi connectivity index (χ0n) is 7.10. The molecule has 0 spiro atoms. The van der Waals surface area contributed by atoms with Gasteiger partial charge in [0.1, 0.15) is 0 Å². The van der Waals surface area contributed by atoms with Crippen molar-refractivity contribution >= 4 is 12.0 Å². The number of rotatable bonds is 1. The third kappa shape index (κ3) is 1.35. The molecule has 0 bridgehead atoms. The van der Waals surface area contributed by atoms with E-state index in [1.165, 1.54) is 0 Å². The Morgan fingerprint density at radius 3 is 2.92 bits per heavy atom. The standard InChI is InChI=1S/C11H10O2/c12-11(13)10-7-3-5-8-4-1-2-6-9(8)10/h1-6,10H,7H2,(H,12,13)/t10-/m0/s1. The Morgan fingerprint density at radius 2 is 2.15 bits per heavy atom. The molecule has 2 rings (SSSR count). The molecule has 0 aliphatic heterocycles. The third-order valence-corrected chi connectivity index (χ3v) is 2.34. The van der Waals surface area contributed by atoms with Crippen molar-refractivity contribution in [3.63, 3.8) is 0 Å². The SMILES string of the molecule is O=C(O)[C@H]1CC=Cc2ccccc21. The predicted octanol–water partition coefficient (Wildman–Crippen LogP) is 2.27. The van der Waals surface area contributed by atoms with E-state index in [1.807, 2.05) is 36.4 Å². The highest BCUT2D eigenvalue weighted by Gasteiger charge is 2.22. The first-order valence-electron chi connectivity index (χ1n) is 4.27. The number of carbonyl (C=O) groups is 1. The van der Waals surface area contributed by atoms with Gasteiger partial charge in [-0.3, -0.25) is 4.79 Å². The lowest BCUT2D eigenvalue weighted by atomic mass is 9.87. The lowest BCUT2D eigenvalue weighted by Gasteiger charge is -2.17. The van der Waals surface area contributed by atoms with Gasteiger partial charge in [-0.2, -0.15) is 0 Å². The molecule has 0 aromatic heterocycles. The van der Waals surface area contributed by atoms with E-state index >= 15 is 0 Å². The van der Waals surface area contributed by atoms with Gasteiger partial charge in [0.05, 0.1) is 5.92 Å². The predicted molar refractivity (Wildman–Crippen MR) is 50.5 cm³/mol. The highest BCUT2D eigenvalue weighted by molar-refractivity contribution is 5.80. The first-order valence-corrected chi connectivity index (χ1v) is 4.27. The maximum atomic E-state index is 10.9. The van der Waals surface area contributed by atoms with Crippen LogP contribution in [0.3, 0.4) is 0 Å². The summed E-state index contributed by atoms with van der Waals surface area (Å²) in [6.07, 6.45) is 4.50. The Bertz CT molecular complexity index is 366. The van der Waals surface area contributed by atoms with Gasteiger partial charge in [-0.15, -0.1) is 0 Å². The fourth-order valence-corrected chi connectivity index (χ4v) is 1.67. The van der Waals surface area contributed by atoms with Crippen molar-refractivity contribution in [3.8, 4) is 0 Å². The van der Waals surface area contributed by atoms with Crippen LogP contribution < -0.4 is 0 Å². The van der Waals surface area contributed by atoms with Crippen molar-refractivity contribution in [2.24, 2.45) is 0 Å². The molecule has 0 radical (unpaired) electrons. The molecule has 13 heavy (non-hydrogen) atoms. The summed E-state index contributed by atoms with van der Waals surface area (Å²) in [5.74, 6) is -1.10. The molecule has 1 aromatic rings. The van der Waals surface area contributed by atoms with Gasteiger partial charge in [-0.05, 0) is 17.5 Å². The van der Waals surface area contributed by atoms with Gasteiger partial charge in [-0.1, -0.05) is 36.4 Å². The fraction of sp³-hybridized carbons (Fsp3) is 0.182. The second-order valence-electron chi connectivity index (χ2n) is 3.16. The first-order chi connectivity index (χ1) is 6.29. The first kappa shape index (κ1) is 8.05. The fourth-order valence-electron chi connectivity index (χ4n) is 1.67. The number of aliphatic carboxylic acids is 1. The number of benzene rings is 1. The summed E-state index contributed by atoms with van der Waals surface area (Å²) in [5, 5.41) is 8.95. The monoisotopic (exact) mass is 174 g/mol. The van der Waals surface area contributed by atoms with Crippen molar-refractivity contribution in [1.82, 2.24) is 0 Å². The van der Waals surface area contributed by atoms with Gasteiger partial charge in [0, 0.05) is 0 Å². The molecular weight excluding hydrogens is 164 g/mol. The van der Waals surface area contributed by atoms with E-state index in [-0.39, 0.29) is 5.92 Å². The maximum absolute atomic E-state index is 10.9. The molecule has 2 nitrogen and oxygen atoms in total. The lowest BCUT2D eigenvalue weighted by molar-refractivity contribution is -0.138. The van der Waals surface area contributed by atoms with Gasteiger partial charge < -0.3 is 5.11 Å². The second-order valence-corrected chi connectivity index (χ2v) is 3.16. The van der Waals surface area contributed by atoms with Crippen molar-refractivity contribution in [3.05, 3.63) is 41.5 Å². The summed E-state index contributed by atoms with van der Waals surface area (Å²) in [4.78, 5) is 10.9. The lowest BCUT2D eigenvalue weighted by Crippen LogP contribution is -2.13. The molecule has 1 aliphatic carbocycles. The average Bonchev–Trinajstić information content (AvgIpc) is 2.17. The zero-order chi connectivity index (χ0) is 9.26. The van der Waals surface area contributed by atoms with Gasteiger partial charge in [0.25, 0.3) is 0 Å². The molecule has 0 heterocycles. The molecule has 0 unspecified atom stereocenters. The van der Waals surface area contributed by atoms with Crippen molar-refractivity contribution in [1.29, 1.82) is 0 Å². The van der Waals surface area contributed by atoms with Crippen LogP contribution in [-0.2, 0) is 4.79 Å². The number of carboxylic acid groups (broad SMARTS) is 1. The van der Waals surface area contributed by atoms with E-state index in [1.54, 1.807) is 0 Å². The normalized spacial score (nSPS) is 19.5. The van der Waals surface area contributed by atoms with E-state index in [4.69, 9.17) is 5.11 Å². The summed E-state index contributed by atoms with van der Waals surface area (Å²) < 4.78 is 0.